The highest BCUT2D eigenvalue weighted by molar-refractivity contribution is 6.31. The maximum atomic E-state index is 13.6. The van der Waals surface area contributed by atoms with E-state index in [2.05, 4.69) is 4.99 Å². The van der Waals surface area contributed by atoms with E-state index in [9.17, 15) is 14.4 Å². The van der Waals surface area contributed by atoms with E-state index in [1.807, 2.05) is 13.0 Å². The van der Waals surface area contributed by atoms with E-state index in [1.54, 1.807) is 42.0 Å². The number of esters is 1. The molecule has 1 aliphatic rings. The zero-order valence-electron chi connectivity index (χ0n) is 20.4. The molecule has 4 heterocycles. The summed E-state index contributed by atoms with van der Waals surface area (Å²) >= 11 is 6.09. The molecule has 0 N–H and O–H groups in total. The van der Waals surface area contributed by atoms with Crippen molar-refractivity contribution in [1.29, 1.82) is 0 Å². The van der Waals surface area contributed by atoms with Gasteiger partial charge in [0.1, 0.15) is 16.9 Å². The van der Waals surface area contributed by atoms with Crippen LogP contribution in [0, 0.1) is 6.92 Å². The van der Waals surface area contributed by atoms with Crippen LogP contribution in [0.1, 0.15) is 46.0 Å². The lowest BCUT2D eigenvalue weighted by atomic mass is 10.1. The van der Waals surface area contributed by atoms with Crippen molar-refractivity contribution < 1.29 is 19.1 Å². The summed E-state index contributed by atoms with van der Waals surface area (Å²) in [5, 5.41) is 0.590. The van der Waals surface area contributed by atoms with Crippen LogP contribution in [0.15, 0.2) is 58.4 Å². The smallest absolute Gasteiger partial charge is 0.341 e. The van der Waals surface area contributed by atoms with Gasteiger partial charge in [0.25, 0.3) is 11.5 Å². The van der Waals surface area contributed by atoms with Gasteiger partial charge in [0, 0.05) is 23.4 Å². The average molecular weight is 521 g/mol. The standard InChI is InChI=1S/C27H25ClN4O5/c1-3-36-27(35)21-14-20-23(29-22-16(2)7-5-11-31(22)26(20)34)32(15-19-10-6-12-37-19)24(21)30-25(33)17-8-4-9-18(28)13-17/h4-5,7-9,11,13-14,19H,3,6,10,12,15H2,1-2H3/t19-/m1/s1. The van der Waals surface area contributed by atoms with Gasteiger partial charge in [-0.05, 0) is 62.6 Å². The van der Waals surface area contributed by atoms with Gasteiger partial charge in [0.15, 0.2) is 5.49 Å². The first-order valence-electron chi connectivity index (χ1n) is 12.1. The zero-order valence-corrected chi connectivity index (χ0v) is 21.2. The third-order valence-electron chi connectivity index (χ3n) is 6.29. The largest absolute Gasteiger partial charge is 0.462 e. The highest BCUT2D eigenvalue weighted by Crippen LogP contribution is 2.18. The molecule has 1 atom stereocenters. The van der Waals surface area contributed by atoms with Crippen molar-refractivity contribution in [3.8, 4) is 0 Å². The number of benzene rings is 1. The minimum atomic E-state index is -0.697. The van der Waals surface area contributed by atoms with E-state index in [1.165, 1.54) is 16.5 Å². The Balaban J connectivity index is 1.88. The maximum absolute atomic E-state index is 13.6. The number of amides is 1. The van der Waals surface area contributed by atoms with Crippen LogP contribution in [0.4, 0.5) is 0 Å². The molecule has 4 aromatic rings. The molecule has 9 nitrogen and oxygen atoms in total. The van der Waals surface area contributed by atoms with Crippen LogP contribution in [0.3, 0.4) is 0 Å². The van der Waals surface area contributed by atoms with Crippen molar-refractivity contribution in [2.24, 2.45) is 4.99 Å². The van der Waals surface area contributed by atoms with Crippen molar-refractivity contribution >= 4 is 40.2 Å². The number of fused-ring (bicyclic) bond motifs is 2. The molecule has 190 valence electrons. The molecule has 0 bridgehead atoms. The molecule has 5 rings (SSSR count). The number of hydrogen-bond acceptors (Lipinski definition) is 6. The van der Waals surface area contributed by atoms with Crippen molar-refractivity contribution in [3.05, 3.63) is 86.2 Å². The van der Waals surface area contributed by atoms with Gasteiger partial charge >= 0.3 is 5.97 Å². The fourth-order valence-corrected chi connectivity index (χ4v) is 4.70. The Kier molecular flexibility index (Phi) is 6.90. The van der Waals surface area contributed by atoms with Crippen molar-refractivity contribution in [1.82, 2.24) is 14.0 Å². The summed E-state index contributed by atoms with van der Waals surface area (Å²) in [6.07, 6.45) is 3.10. The molecule has 0 aliphatic carbocycles. The molecule has 0 radical (unpaired) electrons. The topological polar surface area (TPSA) is 104 Å². The van der Waals surface area contributed by atoms with Gasteiger partial charge in [0.05, 0.1) is 24.6 Å². The number of rotatable bonds is 5. The number of hydrogen-bond donors (Lipinski definition) is 0. The van der Waals surface area contributed by atoms with Crippen LogP contribution in [0.5, 0.6) is 0 Å². The second kappa shape index (κ2) is 10.3. The molecular formula is C27H25ClN4O5. The summed E-state index contributed by atoms with van der Waals surface area (Å²) < 4.78 is 14.2. The van der Waals surface area contributed by atoms with Gasteiger partial charge in [0.2, 0.25) is 0 Å². The molecule has 0 spiro atoms. The summed E-state index contributed by atoms with van der Waals surface area (Å²) in [5.74, 6) is -1.29. The molecule has 37 heavy (non-hydrogen) atoms. The zero-order chi connectivity index (χ0) is 26.1. The highest BCUT2D eigenvalue weighted by Gasteiger charge is 2.24. The third-order valence-corrected chi connectivity index (χ3v) is 6.52. The first-order chi connectivity index (χ1) is 17.9. The van der Waals surface area contributed by atoms with E-state index >= 15 is 0 Å². The van der Waals surface area contributed by atoms with Crippen LogP contribution < -0.4 is 11.0 Å². The van der Waals surface area contributed by atoms with E-state index in [0.29, 0.717) is 22.9 Å². The summed E-state index contributed by atoms with van der Waals surface area (Å²) in [4.78, 5) is 49.1. The summed E-state index contributed by atoms with van der Waals surface area (Å²) in [6, 6.07) is 11.4. The molecule has 3 aromatic heterocycles. The Morgan fingerprint density at radius 1 is 1.22 bits per heavy atom. The van der Waals surface area contributed by atoms with Gasteiger partial charge in [-0.15, -0.1) is 0 Å². The van der Waals surface area contributed by atoms with Crippen molar-refractivity contribution in [2.75, 3.05) is 13.2 Å². The Morgan fingerprint density at radius 3 is 2.78 bits per heavy atom. The lowest BCUT2D eigenvalue weighted by Crippen LogP contribution is -2.35. The lowest BCUT2D eigenvalue weighted by Gasteiger charge is -2.18. The van der Waals surface area contributed by atoms with Crippen LogP contribution in [-0.4, -0.2) is 45.1 Å². The number of carbonyl (C=O) groups is 2. The predicted molar refractivity (Wildman–Crippen MR) is 138 cm³/mol. The van der Waals surface area contributed by atoms with E-state index < -0.39 is 11.9 Å². The summed E-state index contributed by atoms with van der Waals surface area (Å²) in [7, 11) is 0. The highest BCUT2D eigenvalue weighted by atomic mass is 35.5. The fourth-order valence-electron chi connectivity index (χ4n) is 4.51. The van der Waals surface area contributed by atoms with E-state index in [0.717, 1.165) is 18.4 Å². The SMILES string of the molecule is CCOC(=O)c1cc2c(=O)n3cccc(C)c3nc2n(C[C@H]2CCCO2)c1=NC(=O)c1cccc(Cl)c1. The Hall–Kier alpha value is -3.82. The van der Waals surface area contributed by atoms with Crippen molar-refractivity contribution in [2.45, 2.75) is 39.3 Å². The molecule has 1 amide bonds. The van der Waals surface area contributed by atoms with Crippen LogP contribution in [0.2, 0.25) is 5.02 Å². The van der Waals surface area contributed by atoms with Gasteiger partial charge in [-0.3, -0.25) is 14.0 Å². The van der Waals surface area contributed by atoms with Gasteiger partial charge in [-0.2, -0.15) is 4.99 Å². The van der Waals surface area contributed by atoms with Gasteiger partial charge in [-0.1, -0.05) is 23.7 Å². The van der Waals surface area contributed by atoms with Crippen LogP contribution in [0.25, 0.3) is 16.7 Å². The molecule has 0 unspecified atom stereocenters. The van der Waals surface area contributed by atoms with Crippen LogP contribution in [-0.2, 0) is 16.0 Å². The second-order valence-electron chi connectivity index (χ2n) is 8.81. The van der Waals surface area contributed by atoms with E-state index in [-0.39, 0.29) is 46.8 Å². The quantitative estimate of drug-likeness (QED) is 0.293. The number of nitrogens with zero attached hydrogens (tertiary/aromatic N) is 4. The fraction of sp³-hybridized carbons (Fsp3) is 0.296. The third kappa shape index (κ3) is 4.80. The number of aromatic nitrogens is 3. The minimum absolute atomic E-state index is 0.00534. The normalized spacial score (nSPS) is 16.0. The van der Waals surface area contributed by atoms with Gasteiger partial charge in [-0.25, -0.2) is 9.78 Å². The number of carbonyl (C=O) groups excluding carboxylic acids is 2. The van der Waals surface area contributed by atoms with E-state index in [4.69, 9.17) is 26.1 Å². The predicted octanol–water partition coefficient (Wildman–Crippen LogP) is 3.71. The first-order valence-corrected chi connectivity index (χ1v) is 12.4. The Labute approximate surface area is 217 Å². The number of halogens is 1. The molecule has 1 aromatic carbocycles. The molecule has 1 aliphatic heterocycles. The number of aryl methyl sites for hydroxylation is 1. The molecule has 1 saturated heterocycles. The number of pyridine rings is 2. The lowest BCUT2D eigenvalue weighted by molar-refractivity contribution is 0.0521. The summed E-state index contributed by atoms with van der Waals surface area (Å²) in [5.41, 5.74) is 1.53. The second-order valence-corrected chi connectivity index (χ2v) is 9.25. The Morgan fingerprint density at radius 2 is 2.05 bits per heavy atom. The van der Waals surface area contributed by atoms with Crippen LogP contribution >= 0.6 is 11.6 Å². The molecule has 1 fully saturated rings. The minimum Gasteiger partial charge on any atom is -0.462 e. The Bertz CT molecular complexity index is 1670. The monoisotopic (exact) mass is 520 g/mol. The first kappa shape index (κ1) is 24.9. The summed E-state index contributed by atoms with van der Waals surface area (Å²) in [6.45, 7) is 4.50. The molecule has 10 heteroatoms. The average Bonchev–Trinajstić information content (AvgIpc) is 3.39. The molecular weight excluding hydrogens is 496 g/mol. The molecule has 0 saturated carbocycles. The maximum Gasteiger partial charge on any atom is 0.341 e. The van der Waals surface area contributed by atoms with Gasteiger partial charge < -0.3 is 14.0 Å². The van der Waals surface area contributed by atoms with Crippen molar-refractivity contribution in [3.63, 3.8) is 0 Å². The number of ether oxygens (including phenoxy) is 2.